The molecule has 0 aliphatic carbocycles. The Bertz CT molecular complexity index is 1070. The van der Waals surface area contributed by atoms with Gasteiger partial charge in [0.25, 0.3) is 0 Å². The minimum atomic E-state index is -4.52. The number of anilines is 2. The lowest BCUT2D eigenvalue weighted by Gasteiger charge is -2.39. The van der Waals surface area contributed by atoms with Crippen LogP contribution in [0.2, 0.25) is 0 Å². The normalized spacial score (nSPS) is 17.7. The Morgan fingerprint density at radius 1 is 1.03 bits per heavy atom. The Morgan fingerprint density at radius 3 is 2.44 bits per heavy atom. The van der Waals surface area contributed by atoms with Crippen LogP contribution in [-0.4, -0.2) is 49.1 Å². The average molecular weight is 486 g/mol. The zero-order valence-electron chi connectivity index (χ0n) is 18.1. The lowest BCUT2D eigenvalue weighted by atomic mass is 9.92. The number of ether oxygens (including phenoxy) is 2. The highest BCUT2D eigenvalue weighted by molar-refractivity contribution is 5.94. The molecule has 0 spiro atoms. The number of benzene rings is 2. The number of hydrogen-bond donors (Lipinski definition) is 2. The number of piperidine rings is 1. The summed E-state index contributed by atoms with van der Waals surface area (Å²) in [6.07, 6.45) is -3.49. The molecule has 11 heteroatoms. The minimum absolute atomic E-state index is 0.0699. The Labute approximate surface area is 192 Å². The topological polar surface area (TPSA) is 71.0 Å². The Morgan fingerprint density at radius 2 is 1.76 bits per heavy atom. The number of fused-ring (bicyclic) bond motifs is 1. The third-order valence-corrected chi connectivity index (χ3v) is 5.94. The summed E-state index contributed by atoms with van der Waals surface area (Å²) in [6, 6.07) is 6.17. The van der Waals surface area contributed by atoms with E-state index in [0.717, 1.165) is 6.07 Å². The maximum absolute atomic E-state index is 14.5. The van der Waals surface area contributed by atoms with Crippen LogP contribution < -0.4 is 19.7 Å². The third-order valence-electron chi connectivity index (χ3n) is 5.94. The number of hydrogen-bond acceptors (Lipinski definition) is 5. The van der Waals surface area contributed by atoms with E-state index in [9.17, 15) is 31.9 Å². The van der Waals surface area contributed by atoms with E-state index < -0.39 is 30.0 Å². The summed E-state index contributed by atoms with van der Waals surface area (Å²) in [5.74, 6) is -1.39. The predicted octanol–water partition coefficient (Wildman–Crippen LogP) is 4.20. The molecule has 1 fully saturated rings. The van der Waals surface area contributed by atoms with Crippen LogP contribution in [0, 0.1) is 11.6 Å². The molecule has 0 radical (unpaired) electrons. The molecule has 2 N–H and O–H groups in total. The van der Waals surface area contributed by atoms with Crippen molar-refractivity contribution < 1.29 is 41.3 Å². The molecule has 4 rings (SSSR count). The summed E-state index contributed by atoms with van der Waals surface area (Å²) in [5.41, 5.74) is -0.378. The first kappa shape index (κ1) is 24.1. The van der Waals surface area contributed by atoms with E-state index in [1.807, 2.05) is 0 Å². The molecule has 0 unspecified atom stereocenters. The summed E-state index contributed by atoms with van der Waals surface area (Å²) in [4.78, 5) is 13.3. The van der Waals surface area contributed by atoms with Crippen molar-refractivity contribution in [3.8, 4) is 11.5 Å². The Kier molecular flexibility index (Phi) is 6.57. The van der Waals surface area contributed by atoms with Crippen molar-refractivity contribution in [3.63, 3.8) is 0 Å². The van der Waals surface area contributed by atoms with Gasteiger partial charge in [-0.2, -0.15) is 13.2 Å². The number of aliphatic hydroxyl groups is 1. The molecule has 2 aromatic carbocycles. The summed E-state index contributed by atoms with van der Waals surface area (Å²) in [6.45, 7) is -1.00. The van der Waals surface area contributed by atoms with Crippen LogP contribution in [0.15, 0.2) is 30.3 Å². The third kappa shape index (κ3) is 5.52. The van der Waals surface area contributed by atoms with Gasteiger partial charge < -0.3 is 24.8 Å². The monoisotopic (exact) mass is 486 g/mol. The van der Waals surface area contributed by atoms with Gasteiger partial charge in [-0.25, -0.2) is 8.78 Å². The van der Waals surface area contributed by atoms with Gasteiger partial charge in [0.1, 0.15) is 35.3 Å². The molecule has 0 saturated carbocycles. The number of nitrogens with zero attached hydrogens (tertiary/aromatic N) is 1. The molecule has 34 heavy (non-hydrogen) atoms. The second kappa shape index (κ2) is 9.28. The van der Waals surface area contributed by atoms with Crippen LogP contribution in [-0.2, 0) is 11.2 Å². The highest BCUT2D eigenvalue weighted by Crippen LogP contribution is 2.35. The van der Waals surface area contributed by atoms with Crippen molar-refractivity contribution in [2.24, 2.45) is 0 Å². The van der Waals surface area contributed by atoms with E-state index in [2.05, 4.69) is 10.1 Å². The summed E-state index contributed by atoms with van der Waals surface area (Å²) in [7, 11) is 0. The molecule has 0 aromatic heterocycles. The first-order valence-corrected chi connectivity index (χ1v) is 10.7. The van der Waals surface area contributed by atoms with Crippen molar-refractivity contribution >= 4 is 17.3 Å². The number of rotatable bonds is 6. The molecular weight excluding hydrogens is 463 g/mol. The van der Waals surface area contributed by atoms with E-state index in [1.165, 1.54) is 24.3 Å². The van der Waals surface area contributed by atoms with E-state index in [0.29, 0.717) is 17.7 Å². The van der Waals surface area contributed by atoms with Crippen LogP contribution in [0.4, 0.5) is 33.3 Å². The average Bonchev–Trinajstić information content (AvgIpc) is 2.78. The molecule has 0 atom stereocenters. The number of amides is 1. The van der Waals surface area contributed by atoms with Crippen LogP contribution in [0.1, 0.15) is 24.8 Å². The van der Waals surface area contributed by atoms with Gasteiger partial charge in [0.05, 0.1) is 11.4 Å². The zero-order valence-corrected chi connectivity index (χ0v) is 18.1. The molecule has 2 aromatic rings. The number of halogens is 5. The van der Waals surface area contributed by atoms with Crippen molar-refractivity contribution in [3.05, 3.63) is 47.5 Å². The van der Waals surface area contributed by atoms with Crippen molar-refractivity contribution in [1.29, 1.82) is 0 Å². The van der Waals surface area contributed by atoms with E-state index in [-0.39, 0.29) is 62.0 Å². The first-order valence-electron chi connectivity index (χ1n) is 10.7. The molecule has 2 heterocycles. The fourth-order valence-corrected chi connectivity index (χ4v) is 4.08. The maximum Gasteiger partial charge on any atom is 0.422 e. The standard InChI is InChI=1S/C23H23F5N2O4/c24-16-3-5-19(15-2-6-20(31)29-21(15)16)34-12-22(32)7-9-30(10-8-22)18-4-1-14(11-17(18)25)33-13-23(26,27)28/h1,3-5,11,32H,2,6-10,12-13H2,(H,29,31). The van der Waals surface area contributed by atoms with Crippen molar-refractivity contribution in [1.82, 2.24) is 0 Å². The number of alkyl halides is 3. The molecule has 0 bridgehead atoms. The summed E-state index contributed by atoms with van der Waals surface area (Å²) >= 11 is 0. The largest absolute Gasteiger partial charge is 0.490 e. The maximum atomic E-state index is 14.5. The van der Waals surface area contributed by atoms with Crippen LogP contribution in [0.5, 0.6) is 11.5 Å². The fourth-order valence-electron chi connectivity index (χ4n) is 4.08. The summed E-state index contributed by atoms with van der Waals surface area (Å²) < 4.78 is 75.7. The van der Waals surface area contributed by atoms with Crippen LogP contribution in [0.3, 0.4) is 0 Å². The van der Waals surface area contributed by atoms with Gasteiger partial charge >= 0.3 is 6.18 Å². The van der Waals surface area contributed by atoms with Gasteiger partial charge in [-0.15, -0.1) is 0 Å². The van der Waals surface area contributed by atoms with Gasteiger partial charge in [0.2, 0.25) is 5.91 Å². The van der Waals surface area contributed by atoms with Crippen LogP contribution in [0.25, 0.3) is 0 Å². The SMILES string of the molecule is O=C1CCc2c(OCC3(O)CCN(c4ccc(OCC(F)(F)F)cc4F)CC3)ccc(F)c2N1. The molecular formula is C23H23F5N2O4. The van der Waals surface area contributed by atoms with Gasteiger partial charge in [-0.1, -0.05) is 0 Å². The summed E-state index contributed by atoms with van der Waals surface area (Å²) in [5, 5.41) is 13.4. The smallest absolute Gasteiger partial charge is 0.422 e. The molecule has 6 nitrogen and oxygen atoms in total. The molecule has 1 amide bonds. The highest BCUT2D eigenvalue weighted by Gasteiger charge is 2.35. The molecule has 2 aliphatic heterocycles. The molecule has 184 valence electrons. The highest BCUT2D eigenvalue weighted by atomic mass is 19.4. The number of carbonyl (C=O) groups is 1. The van der Waals surface area contributed by atoms with Gasteiger partial charge in [-0.05, 0) is 43.5 Å². The fraction of sp³-hybridized carbons (Fsp3) is 0.435. The van der Waals surface area contributed by atoms with Crippen molar-refractivity contribution in [2.45, 2.75) is 37.5 Å². The van der Waals surface area contributed by atoms with Gasteiger partial charge in [-0.3, -0.25) is 4.79 Å². The van der Waals surface area contributed by atoms with Crippen LogP contribution >= 0.6 is 0 Å². The van der Waals surface area contributed by atoms with Gasteiger partial charge in [0, 0.05) is 31.1 Å². The van der Waals surface area contributed by atoms with Gasteiger partial charge in [0.15, 0.2) is 6.61 Å². The lowest BCUT2D eigenvalue weighted by Crippen LogP contribution is -2.48. The van der Waals surface area contributed by atoms with E-state index in [4.69, 9.17) is 4.74 Å². The van der Waals surface area contributed by atoms with E-state index >= 15 is 0 Å². The lowest BCUT2D eigenvalue weighted by molar-refractivity contribution is -0.153. The Hall–Kier alpha value is -3.08. The molecule has 1 saturated heterocycles. The quantitative estimate of drug-likeness (QED) is 0.599. The number of carbonyl (C=O) groups excluding carboxylic acids is 1. The number of nitrogens with one attached hydrogen (secondary N) is 1. The molecule has 2 aliphatic rings. The predicted molar refractivity (Wildman–Crippen MR) is 113 cm³/mol. The zero-order chi connectivity index (χ0) is 24.5. The van der Waals surface area contributed by atoms with Crippen molar-refractivity contribution in [2.75, 3.05) is 36.5 Å². The Balaban J connectivity index is 1.36. The first-order chi connectivity index (χ1) is 16.0. The van der Waals surface area contributed by atoms with E-state index in [1.54, 1.807) is 4.90 Å². The minimum Gasteiger partial charge on any atom is -0.490 e. The second-order valence-corrected chi connectivity index (χ2v) is 8.46. The second-order valence-electron chi connectivity index (χ2n) is 8.46.